The molecule has 1 fully saturated rings. The van der Waals surface area contributed by atoms with Crippen molar-refractivity contribution in [3.8, 4) is 5.75 Å². The maximum atomic E-state index is 10.8. The van der Waals surface area contributed by atoms with Gasteiger partial charge < -0.3 is 19.8 Å². The number of piperidine rings is 1. The lowest BCUT2D eigenvalue weighted by Gasteiger charge is -2.39. The van der Waals surface area contributed by atoms with Crippen LogP contribution < -0.4 is 4.74 Å². The lowest BCUT2D eigenvalue weighted by Crippen LogP contribution is -2.46. The molecule has 2 N–H and O–H groups in total. The van der Waals surface area contributed by atoms with Gasteiger partial charge in [-0.25, -0.2) is 0 Å². The smallest absolute Gasteiger partial charge is 0.119 e. The van der Waals surface area contributed by atoms with Crippen LogP contribution in [0.4, 0.5) is 0 Å². The molecule has 1 aliphatic rings. The SMILES string of the molecule is O[C@@H](COc1ccc(Cl)cc1)CN1CCC(O)(c2cccnc2)CC1. The Hall–Kier alpha value is -1.66. The number of aliphatic hydroxyl groups is 2. The number of hydrogen-bond acceptors (Lipinski definition) is 5. The van der Waals surface area contributed by atoms with Gasteiger partial charge in [-0.2, -0.15) is 0 Å². The van der Waals surface area contributed by atoms with Crippen molar-refractivity contribution in [3.05, 3.63) is 59.4 Å². The number of pyridine rings is 1. The molecular weight excluding hydrogens is 340 g/mol. The van der Waals surface area contributed by atoms with Crippen LogP contribution in [0.3, 0.4) is 0 Å². The summed E-state index contributed by atoms with van der Waals surface area (Å²) in [6, 6.07) is 10.8. The summed E-state index contributed by atoms with van der Waals surface area (Å²) < 4.78 is 5.58. The molecule has 1 aliphatic heterocycles. The number of likely N-dealkylation sites (tertiary alicyclic amines) is 1. The number of hydrogen-bond donors (Lipinski definition) is 2. The zero-order chi connectivity index (χ0) is 17.7. The zero-order valence-corrected chi connectivity index (χ0v) is 14.8. The van der Waals surface area contributed by atoms with Crippen molar-refractivity contribution in [2.75, 3.05) is 26.2 Å². The average Bonchev–Trinajstić information content (AvgIpc) is 2.64. The lowest BCUT2D eigenvalue weighted by molar-refractivity contribution is -0.0374. The summed E-state index contributed by atoms with van der Waals surface area (Å²) in [6.07, 6.45) is 4.11. The van der Waals surface area contributed by atoms with Crippen LogP contribution in [0.2, 0.25) is 5.02 Å². The van der Waals surface area contributed by atoms with E-state index in [2.05, 4.69) is 9.88 Å². The van der Waals surface area contributed by atoms with Crippen molar-refractivity contribution in [2.45, 2.75) is 24.5 Å². The largest absolute Gasteiger partial charge is 0.491 e. The normalized spacial score (nSPS) is 18.7. The Balaban J connectivity index is 1.44. The Morgan fingerprint density at radius 3 is 2.56 bits per heavy atom. The van der Waals surface area contributed by atoms with E-state index in [9.17, 15) is 10.2 Å². The number of halogens is 1. The second kappa shape index (κ2) is 8.15. The number of β-amino-alcohol motifs (C(OH)–C–C–N with tert-alkyl or cyclic N) is 1. The van der Waals surface area contributed by atoms with Gasteiger partial charge >= 0.3 is 0 Å². The van der Waals surface area contributed by atoms with E-state index in [1.807, 2.05) is 12.1 Å². The van der Waals surface area contributed by atoms with E-state index >= 15 is 0 Å². The van der Waals surface area contributed by atoms with Gasteiger partial charge in [-0.1, -0.05) is 17.7 Å². The van der Waals surface area contributed by atoms with Crippen molar-refractivity contribution in [3.63, 3.8) is 0 Å². The molecule has 1 aromatic heterocycles. The fraction of sp³-hybridized carbons (Fsp3) is 0.421. The number of benzene rings is 1. The van der Waals surface area contributed by atoms with Gasteiger partial charge in [0.1, 0.15) is 18.5 Å². The zero-order valence-electron chi connectivity index (χ0n) is 14.0. The van der Waals surface area contributed by atoms with Crippen LogP contribution in [0.1, 0.15) is 18.4 Å². The number of ether oxygens (including phenoxy) is 1. The maximum absolute atomic E-state index is 10.8. The Bertz CT molecular complexity index is 658. The van der Waals surface area contributed by atoms with Crippen molar-refractivity contribution >= 4 is 11.6 Å². The summed E-state index contributed by atoms with van der Waals surface area (Å²) >= 11 is 5.83. The molecule has 1 aromatic carbocycles. The molecule has 0 aliphatic carbocycles. The van der Waals surface area contributed by atoms with Crippen LogP contribution in [-0.2, 0) is 5.60 Å². The third kappa shape index (κ3) is 4.92. The predicted molar refractivity (Wildman–Crippen MR) is 96.8 cm³/mol. The highest BCUT2D eigenvalue weighted by atomic mass is 35.5. The molecule has 0 amide bonds. The molecule has 0 radical (unpaired) electrons. The van der Waals surface area contributed by atoms with Gasteiger partial charge in [-0.15, -0.1) is 0 Å². The molecule has 1 saturated heterocycles. The van der Waals surface area contributed by atoms with Crippen LogP contribution in [0.5, 0.6) is 5.75 Å². The van der Waals surface area contributed by atoms with E-state index < -0.39 is 11.7 Å². The summed E-state index contributed by atoms with van der Waals surface area (Å²) in [4.78, 5) is 6.25. The van der Waals surface area contributed by atoms with Crippen molar-refractivity contribution < 1.29 is 14.9 Å². The van der Waals surface area contributed by atoms with Crippen molar-refractivity contribution in [1.29, 1.82) is 0 Å². The monoisotopic (exact) mass is 362 g/mol. The quantitative estimate of drug-likeness (QED) is 0.826. The van der Waals surface area contributed by atoms with Gasteiger partial charge in [0, 0.05) is 42.6 Å². The van der Waals surface area contributed by atoms with Gasteiger partial charge in [-0.05, 0) is 43.2 Å². The minimum Gasteiger partial charge on any atom is -0.491 e. The molecule has 0 unspecified atom stereocenters. The van der Waals surface area contributed by atoms with Gasteiger partial charge in [0.15, 0.2) is 0 Å². The second-order valence-electron chi connectivity index (χ2n) is 6.49. The molecule has 0 spiro atoms. The van der Waals surface area contributed by atoms with Crippen LogP contribution in [0, 0.1) is 0 Å². The second-order valence-corrected chi connectivity index (χ2v) is 6.93. The third-order valence-electron chi connectivity index (χ3n) is 4.61. The first-order valence-corrected chi connectivity index (χ1v) is 8.85. The fourth-order valence-corrected chi connectivity index (χ4v) is 3.23. The highest BCUT2D eigenvalue weighted by Crippen LogP contribution is 2.32. The number of aromatic nitrogens is 1. The summed E-state index contributed by atoms with van der Waals surface area (Å²) in [5, 5.41) is 21.7. The first kappa shape index (κ1) is 18.1. The molecule has 5 nitrogen and oxygen atoms in total. The molecule has 0 saturated carbocycles. The van der Waals surface area contributed by atoms with Crippen LogP contribution in [-0.4, -0.2) is 52.4 Å². The Kier molecular flexibility index (Phi) is 5.91. The van der Waals surface area contributed by atoms with Gasteiger partial charge in [0.2, 0.25) is 0 Å². The number of nitrogens with zero attached hydrogens (tertiary/aromatic N) is 2. The third-order valence-corrected chi connectivity index (χ3v) is 4.86. The molecule has 1 atom stereocenters. The predicted octanol–water partition coefficient (Wildman–Crippen LogP) is 2.46. The molecule has 6 heteroatoms. The van der Waals surface area contributed by atoms with Crippen LogP contribution in [0.25, 0.3) is 0 Å². The Labute approximate surface area is 152 Å². The summed E-state index contributed by atoms with van der Waals surface area (Å²) in [5.74, 6) is 0.688. The molecule has 3 rings (SSSR count). The van der Waals surface area contributed by atoms with E-state index in [0.717, 1.165) is 18.7 Å². The van der Waals surface area contributed by atoms with E-state index in [4.69, 9.17) is 16.3 Å². The topological polar surface area (TPSA) is 65.8 Å². The molecular formula is C19H23ClN2O3. The highest BCUT2D eigenvalue weighted by Gasteiger charge is 2.34. The molecule has 134 valence electrons. The first-order chi connectivity index (χ1) is 12.0. The van der Waals surface area contributed by atoms with Crippen LogP contribution >= 0.6 is 11.6 Å². The maximum Gasteiger partial charge on any atom is 0.119 e. The van der Waals surface area contributed by atoms with E-state index in [0.29, 0.717) is 30.2 Å². The van der Waals surface area contributed by atoms with E-state index in [1.165, 1.54) is 0 Å². The summed E-state index contributed by atoms with van der Waals surface area (Å²) in [7, 11) is 0. The standard InChI is InChI=1S/C19H23ClN2O3/c20-16-3-5-18(6-4-16)25-14-17(23)13-22-10-7-19(24,8-11-22)15-2-1-9-21-12-15/h1-6,9,12,17,23-24H,7-8,10-11,13-14H2/t17-/m1/s1. The molecule has 25 heavy (non-hydrogen) atoms. The summed E-state index contributed by atoms with van der Waals surface area (Å²) in [6.45, 7) is 2.20. The number of aliphatic hydroxyl groups excluding tert-OH is 1. The first-order valence-electron chi connectivity index (χ1n) is 8.47. The van der Waals surface area contributed by atoms with Crippen molar-refractivity contribution in [1.82, 2.24) is 9.88 Å². The number of rotatable bonds is 6. The molecule has 0 bridgehead atoms. The minimum absolute atomic E-state index is 0.227. The molecule has 2 aromatic rings. The lowest BCUT2D eigenvalue weighted by atomic mass is 9.85. The van der Waals surface area contributed by atoms with Gasteiger partial charge in [0.25, 0.3) is 0 Å². The van der Waals surface area contributed by atoms with Crippen LogP contribution in [0.15, 0.2) is 48.8 Å². The highest BCUT2D eigenvalue weighted by molar-refractivity contribution is 6.30. The fourth-order valence-electron chi connectivity index (χ4n) is 3.11. The average molecular weight is 363 g/mol. The summed E-state index contributed by atoms with van der Waals surface area (Å²) in [5.41, 5.74) is 0.0384. The van der Waals surface area contributed by atoms with Crippen molar-refractivity contribution in [2.24, 2.45) is 0 Å². The van der Waals surface area contributed by atoms with E-state index in [1.54, 1.807) is 36.7 Å². The minimum atomic E-state index is -0.824. The van der Waals surface area contributed by atoms with E-state index in [-0.39, 0.29) is 6.61 Å². The van der Waals surface area contributed by atoms with Gasteiger partial charge in [0.05, 0.1) is 5.60 Å². The molecule has 2 heterocycles. The Morgan fingerprint density at radius 1 is 1.20 bits per heavy atom. The van der Waals surface area contributed by atoms with Gasteiger partial charge in [-0.3, -0.25) is 4.98 Å². The Morgan fingerprint density at radius 2 is 1.92 bits per heavy atom.